The Morgan fingerprint density at radius 2 is 1.61 bits per heavy atom. The van der Waals surface area contributed by atoms with Crippen LogP contribution in [0.2, 0.25) is 0 Å². The van der Waals surface area contributed by atoms with Crippen molar-refractivity contribution in [1.82, 2.24) is 5.32 Å². The van der Waals surface area contributed by atoms with Gasteiger partial charge in [0.1, 0.15) is 0 Å². The van der Waals surface area contributed by atoms with Crippen LogP contribution in [0.1, 0.15) is 58.2 Å². The Kier molecular flexibility index (Phi) is 4.61. The lowest BCUT2D eigenvalue weighted by Crippen LogP contribution is -2.37. The summed E-state index contributed by atoms with van der Waals surface area (Å²) in [4.78, 5) is 0. The zero-order valence-electron chi connectivity index (χ0n) is 13.1. The summed E-state index contributed by atoms with van der Waals surface area (Å²) in [5.41, 5.74) is 4.75. The van der Waals surface area contributed by atoms with Crippen molar-refractivity contribution < 1.29 is 0 Å². The van der Waals surface area contributed by atoms with Crippen LogP contribution < -0.4 is 5.32 Å². The summed E-state index contributed by atoms with van der Waals surface area (Å²) in [5.74, 6) is 0. The molecule has 0 bridgehead atoms. The van der Waals surface area contributed by atoms with Crippen molar-refractivity contribution in [2.75, 3.05) is 6.54 Å². The first kappa shape index (κ1) is 15.2. The Hall–Kier alpha value is -0.820. The highest BCUT2D eigenvalue weighted by molar-refractivity contribution is 5.34. The number of aryl methyl sites for hydroxylation is 1. The van der Waals surface area contributed by atoms with Crippen molar-refractivity contribution in [1.29, 1.82) is 0 Å². The van der Waals surface area contributed by atoms with Crippen LogP contribution in [-0.4, -0.2) is 12.1 Å². The first-order chi connectivity index (χ1) is 8.09. The molecule has 0 aliphatic rings. The van der Waals surface area contributed by atoms with Crippen LogP contribution in [0.4, 0.5) is 0 Å². The molecule has 1 N–H and O–H groups in total. The fourth-order valence-corrected chi connectivity index (χ4v) is 2.02. The smallest absolute Gasteiger partial charge is 0.00966 e. The molecule has 0 fully saturated rings. The summed E-state index contributed by atoms with van der Waals surface area (Å²) in [6, 6.07) is 6.91. The molecule has 18 heavy (non-hydrogen) atoms. The molecule has 0 heterocycles. The topological polar surface area (TPSA) is 12.0 Å². The third-order valence-corrected chi connectivity index (χ3v) is 3.26. The molecule has 0 aromatic heterocycles. The van der Waals surface area contributed by atoms with E-state index in [2.05, 4.69) is 72.0 Å². The van der Waals surface area contributed by atoms with E-state index in [0.717, 1.165) is 13.0 Å². The summed E-state index contributed by atoms with van der Waals surface area (Å²) in [5, 5.41) is 3.54. The molecule has 1 heteroatoms. The van der Waals surface area contributed by atoms with E-state index in [1.165, 1.54) is 16.7 Å². The summed E-state index contributed by atoms with van der Waals surface area (Å²) >= 11 is 0. The number of hydrogen-bond donors (Lipinski definition) is 1. The molecule has 0 spiro atoms. The van der Waals surface area contributed by atoms with E-state index in [9.17, 15) is 0 Å². The largest absolute Gasteiger partial charge is 0.312 e. The maximum Gasteiger partial charge on any atom is 0.00966 e. The highest BCUT2D eigenvalue weighted by Crippen LogP contribution is 2.24. The third kappa shape index (κ3) is 4.81. The van der Waals surface area contributed by atoms with E-state index in [0.29, 0.717) is 0 Å². The van der Waals surface area contributed by atoms with E-state index < -0.39 is 0 Å². The Labute approximate surface area is 113 Å². The molecule has 0 atom stereocenters. The lowest BCUT2D eigenvalue weighted by atomic mass is 9.85. The molecule has 0 saturated heterocycles. The molecule has 0 radical (unpaired) electrons. The monoisotopic (exact) mass is 247 g/mol. The molecule has 102 valence electrons. The first-order valence-corrected chi connectivity index (χ1v) is 6.95. The molecule has 0 amide bonds. The van der Waals surface area contributed by atoms with Crippen LogP contribution in [-0.2, 0) is 11.8 Å². The molecule has 0 aliphatic heterocycles. The van der Waals surface area contributed by atoms with Crippen molar-refractivity contribution in [2.24, 2.45) is 0 Å². The molecule has 1 nitrogen and oxygen atoms in total. The van der Waals surface area contributed by atoms with Gasteiger partial charge in [-0.15, -0.1) is 0 Å². The minimum Gasteiger partial charge on any atom is -0.312 e. The van der Waals surface area contributed by atoms with Crippen LogP contribution in [0.3, 0.4) is 0 Å². The average molecular weight is 247 g/mol. The highest BCUT2D eigenvalue weighted by atomic mass is 14.9. The van der Waals surface area contributed by atoms with Gasteiger partial charge in [-0.25, -0.2) is 0 Å². The number of rotatable bonds is 3. The summed E-state index contributed by atoms with van der Waals surface area (Å²) in [7, 11) is 0. The molecule has 1 aromatic rings. The molecular weight excluding hydrogens is 218 g/mol. The predicted octanol–water partition coefficient (Wildman–Crippen LogP) is 4.22. The van der Waals surface area contributed by atoms with E-state index in [1.54, 1.807) is 0 Å². The van der Waals surface area contributed by atoms with Crippen LogP contribution >= 0.6 is 0 Å². The molecule has 0 unspecified atom stereocenters. The van der Waals surface area contributed by atoms with Crippen molar-refractivity contribution in [3.05, 3.63) is 34.9 Å². The number of nitrogens with one attached hydrogen (secondary N) is 1. The van der Waals surface area contributed by atoms with E-state index >= 15 is 0 Å². The van der Waals surface area contributed by atoms with Crippen molar-refractivity contribution in [2.45, 2.75) is 65.8 Å². The maximum absolute atomic E-state index is 3.54. The van der Waals surface area contributed by atoms with Gasteiger partial charge in [-0.3, -0.25) is 0 Å². The summed E-state index contributed by atoms with van der Waals surface area (Å²) in [6.45, 7) is 16.7. The van der Waals surface area contributed by atoms with Gasteiger partial charge < -0.3 is 5.32 Å². The van der Waals surface area contributed by atoms with Gasteiger partial charge in [-0.05, 0) is 62.8 Å². The quantitative estimate of drug-likeness (QED) is 0.843. The average Bonchev–Trinajstić information content (AvgIpc) is 2.17. The standard InChI is InChI=1S/C17H29N/c1-13-12-15(16(2,3)4)9-8-14(13)10-11-18-17(5,6)7/h8-9,12,18H,10-11H2,1-7H3. The van der Waals surface area contributed by atoms with Gasteiger partial charge in [0.05, 0.1) is 0 Å². The molecule has 0 saturated carbocycles. The third-order valence-electron chi connectivity index (χ3n) is 3.26. The van der Waals surface area contributed by atoms with Gasteiger partial charge in [0.2, 0.25) is 0 Å². The van der Waals surface area contributed by atoms with E-state index in [-0.39, 0.29) is 11.0 Å². The zero-order valence-corrected chi connectivity index (χ0v) is 13.1. The second kappa shape index (κ2) is 5.44. The Balaban J connectivity index is 2.69. The lowest BCUT2D eigenvalue weighted by molar-refractivity contribution is 0.429. The Morgan fingerprint density at radius 3 is 2.06 bits per heavy atom. The fraction of sp³-hybridized carbons (Fsp3) is 0.647. The van der Waals surface area contributed by atoms with Gasteiger partial charge in [0.15, 0.2) is 0 Å². The van der Waals surface area contributed by atoms with Crippen LogP contribution in [0.5, 0.6) is 0 Å². The van der Waals surface area contributed by atoms with E-state index in [4.69, 9.17) is 0 Å². The van der Waals surface area contributed by atoms with Crippen LogP contribution in [0.15, 0.2) is 18.2 Å². The molecule has 0 aliphatic carbocycles. The second-order valence-corrected chi connectivity index (χ2v) is 7.32. The minimum absolute atomic E-state index is 0.208. The van der Waals surface area contributed by atoms with Gasteiger partial charge in [0, 0.05) is 5.54 Å². The maximum atomic E-state index is 3.54. The van der Waals surface area contributed by atoms with Crippen molar-refractivity contribution in [3.8, 4) is 0 Å². The van der Waals surface area contributed by atoms with E-state index in [1.807, 2.05) is 0 Å². The number of hydrogen-bond acceptors (Lipinski definition) is 1. The van der Waals surface area contributed by atoms with Crippen molar-refractivity contribution >= 4 is 0 Å². The predicted molar refractivity (Wildman–Crippen MR) is 81.3 cm³/mol. The Morgan fingerprint density at radius 1 is 1.00 bits per heavy atom. The number of benzene rings is 1. The van der Waals surface area contributed by atoms with Crippen LogP contribution in [0.25, 0.3) is 0 Å². The second-order valence-electron chi connectivity index (χ2n) is 7.32. The first-order valence-electron chi connectivity index (χ1n) is 6.95. The van der Waals surface area contributed by atoms with Gasteiger partial charge in [-0.1, -0.05) is 39.0 Å². The highest BCUT2D eigenvalue weighted by Gasteiger charge is 2.14. The van der Waals surface area contributed by atoms with Gasteiger partial charge in [-0.2, -0.15) is 0 Å². The zero-order chi connectivity index (χ0) is 14.0. The fourth-order valence-electron chi connectivity index (χ4n) is 2.02. The van der Waals surface area contributed by atoms with Crippen molar-refractivity contribution in [3.63, 3.8) is 0 Å². The van der Waals surface area contributed by atoms with Crippen LogP contribution in [0, 0.1) is 6.92 Å². The summed E-state index contributed by atoms with van der Waals surface area (Å²) < 4.78 is 0. The molecule has 1 aromatic carbocycles. The lowest BCUT2D eigenvalue weighted by Gasteiger charge is -2.22. The normalized spacial score (nSPS) is 12.8. The molecular formula is C17H29N. The Bertz CT molecular complexity index is 391. The summed E-state index contributed by atoms with van der Waals surface area (Å²) in [6.07, 6.45) is 1.10. The van der Waals surface area contributed by atoms with Gasteiger partial charge in [0.25, 0.3) is 0 Å². The minimum atomic E-state index is 0.208. The molecule has 1 rings (SSSR count). The van der Waals surface area contributed by atoms with Gasteiger partial charge >= 0.3 is 0 Å². The SMILES string of the molecule is Cc1cc(C(C)(C)C)ccc1CCNC(C)(C)C.